The summed E-state index contributed by atoms with van der Waals surface area (Å²) in [7, 11) is 0. The van der Waals surface area contributed by atoms with Crippen LogP contribution in [0.4, 0.5) is 0 Å². The molecule has 2 amide bonds. The summed E-state index contributed by atoms with van der Waals surface area (Å²) in [6.07, 6.45) is 4.06. The molecule has 1 aliphatic rings. The van der Waals surface area contributed by atoms with E-state index in [4.69, 9.17) is 4.74 Å². The lowest BCUT2D eigenvalue weighted by atomic mass is 9.97. The lowest BCUT2D eigenvalue weighted by Gasteiger charge is -2.18. The van der Waals surface area contributed by atoms with Gasteiger partial charge in [0.05, 0.1) is 6.61 Å². The smallest absolute Gasteiger partial charge is 0.330 e. The normalized spacial score (nSPS) is 17.5. The topological polar surface area (TPSA) is 84.5 Å². The summed E-state index contributed by atoms with van der Waals surface area (Å²) >= 11 is 0. The average molecular weight is 380 g/mol. The van der Waals surface area contributed by atoms with E-state index in [0.29, 0.717) is 24.9 Å². The van der Waals surface area contributed by atoms with Crippen molar-refractivity contribution in [2.75, 3.05) is 13.2 Å². The van der Waals surface area contributed by atoms with Gasteiger partial charge in [0.2, 0.25) is 5.91 Å². The molecule has 1 heterocycles. The molecule has 0 bridgehead atoms. The second-order valence-corrected chi connectivity index (χ2v) is 6.77. The number of hydrogen-bond donors (Lipinski definition) is 2. The number of benzene rings is 2. The predicted octanol–water partition coefficient (Wildman–Crippen LogP) is 2.58. The van der Waals surface area contributed by atoms with Gasteiger partial charge >= 0.3 is 5.97 Å². The van der Waals surface area contributed by atoms with Crippen molar-refractivity contribution in [3.63, 3.8) is 0 Å². The van der Waals surface area contributed by atoms with Crippen LogP contribution in [0.15, 0.2) is 54.6 Å². The van der Waals surface area contributed by atoms with Crippen LogP contribution in [0.2, 0.25) is 0 Å². The number of carbonyl (C=O) groups excluding carboxylic acids is 3. The van der Waals surface area contributed by atoms with Crippen molar-refractivity contribution in [3.05, 3.63) is 60.2 Å². The molecule has 28 heavy (non-hydrogen) atoms. The fourth-order valence-corrected chi connectivity index (χ4v) is 3.33. The summed E-state index contributed by atoms with van der Waals surface area (Å²) in [5, 5.41) is 7.76. The molecule has 146 valence electrons. The largest absolute Gasteiger partial charge is 0.463 e. The lowest BCUT2D eigenvalue weighted by Crippen LogP contribution is -2.36. The van der Waals surface area contributed by atoms with E-state index in [2.05, 4.69) is 10.6 Å². The Kier molecular flexibility index (Phi) is 6.42. The molecule has 0 aromatic heterocycles. The first-order valence-electron chi connectivity index (χ1n) is 9.49. The molecule has 2 aromatic carbocycles. The summed E-state index contributed by atoms with van der Waals surface area (Å²) in [5.74, 6) is -0.922. The summed E-state index contributed by atoms with van der Waals surface area (Å²) in [6, 6.07) is 12.9. The second kappa shape index (κ2) is 9.17. The predicted molar refractivity (Wildman–Crippen MR) is 107 cm³/mol. The van der Waals surface area contributed by atoms with Crippen LogP contribution in [-0.2, 0) is 14.3 Å². The summed E-state index contributed by atoms with van der Waals surface area (Å²) in [6.45, 7) is 2.65. The zero-order valence-corrected chi connectivity index (χ0v) is 15.8. The van der Waals surface area contributed by atoms with E-state index in [1.54, 1.807) is 19.1 Å². The Morgan fingerprint density at radius 3 is 2.75 bits per heavy atom. The Morgan fingerprint density at radius 1 is 1.25 bits per heavy atom. The summed E-state index contributed by atoms with van der Waals surface area (Å²) < 4.78 is 4.90. The van der Waals surface area contributed by atoms with E-state index in [1.165, 1.54) is 6.08 Å². The van der Waals surface area contributed by atoms with Crippen molar-refractivity contribution in [3.8, 4) is 0 Å². The molecular weight excluding hydrogens is 356 g/mol. The zero-order chi connectivity index (χ0) is 19.9. The fraction of sp³-hybridized carbons (Fsp3) is 0.318. The van der Waals surface area contributed by atoms with Crippen LogP contribution in [-0.4, -0.2) is 37.0 Å². The minimum absolute atomic E-state index is 0.0190. The molecule has 2 aromatic rings. The molecule has 0 aliphatic carbocycles. The Balaban J connectivity index is 1.74. The highest BCUT2D eigenvalue weighted by atomic mass is 16.5. The number of rotatable bonds is 7. The highest BCUT2D eigenvalue weighted by Crippen LogP contribution is 2.19. The summed E-state index contributed by atoms with van der Waals surface area (Å²) in [4.78, 5) is 36.3. The first-order valence-corrected chi connectivity index (χ1v) is 9.49. The molecule has 1 fully saturated rings. The van der Waals surface area contributed by atoms with Gasteiger partial charge in [0.1, 0.15) is 0 Å². The minimum atomic E-state index is -0.469. The van der Waals surface area contributed by atoms with Crippen LogP contribution in [0, 0.1) is 5.92 Å². The van der Waals surface area contributed by atoms with Gasteiger partial charge in [0.15, 0.2) is 0 Å². The van der Waals surface area contributed by atoms with Crippen molar-refractivity contribution in [1.82, 2.24) is 10.6 Å². The molecule has 0 saturated carbocycles. The van der Waals surface area contributed by atoms with Crippen molar-refractivity contribution in [2.45, 2.75) is 25.8 Å². The van der Waals surface area contributed by atoms with Crippen LogP contribution >= 0.6 is 0 Å². The Hall–Kier alpha value is -3.15. The van der Waals surface area contributed by atoms with Gasteiger partial charge < -0.3 is 15.4 Å². The van der Waals surface area contributed by atoms with E-state index < -0.39 is 12.0 Å². The SMILES string of the molecule is CCOC(=O)/C=C/C(CC1CCNC1=O)NC(=O)c1ccc2ccccc2c1. The number of nitrogens with one attached hydrogen (secondary N) is 2. The van der Waals surface area contributed by atoms with Crippen LogP contribution in [0.25, 0.3) is 10.8 Å². The molecule has 6 heteroatoms. The van der Waals surface area contributed by atoms with Crippen LogP contribution < -0.4 is 10.6 Å². The standard InChI is InChI=1S/C22H24N2O4/c1-2-28-20(25)10-9-19(14-18-11-12-23-21(18)26)24-22(27)17-8-7-15-5-3-4-6-16(15)13-17/h3-10,13,18-19H,2,11-12,14H2,1H3,(H,23,26)(H,24,27)/b10-9+. The number of ether oxygens (including phenoxy) is 1. The lowest BCUT2D eigenvalue weighted by molar-refractivity contribution is -0.137. The highest BCUT2D eigenvalue weighted by molar-refractivity contribution is 5.99. The molecule has 0 radical (unpaired) electrons. The average Bonchev–Trinajstić information content (AvgIpc) is 3.10. The van der Waals surface area contributed by atoms with Gasteiger partial charge in [-0.25, -0.2) is 4.79 Å². The number of fused-ring (bicyclic) bond motifs is 1. The summed E-state index contributed by atoms with van der Waals surface area (Å²) in [5.41, 5.74) is 0.532. The van der Waals surface area contributed by atoms with Gasteiger partial charge in [0, 0.05) is 30.1 Å². The van der Waals surface area contributed by atoms with Gasteiger partial charge in [-0.05, 0) is 42.7 Å². The first-order chi connectivity index (χ1) is 13.6. The third kappa shape index (κ3) is 4.97. The Labute approximate surface area is 163 Å². The second-order valence-electron chi connectivity index (χ2n) is 6.77. The minimum Gasteiger partial charge on any atom is -0.463 e. The maximum absolute atomic E-state index is 12.8. The molecule has 3 rings (SSSR count). The van der Waals surface area contributed by atoms with E-state index in [9.17, 15) is 14.4 Å². The monoisotopic (exact) mass is 380 g/mol. The van der Waals surface area contributed by atoms with Crippen molar-refractivity contribution < 1.29 is 19.1 Å². The number of hydrogen-bond acceptors (Lipinski definition) is 4. The molecule has 2 unspecified atom stereocenters. The molecule has 0 spiro atoms. The van der Waals surface area contributed by atoms with Crippen LogP contribution in [0.3, 0.4) is 0 Å². The van der Waals surface area contributed by atoms with Gasteiger partial charge in [-0.1, -0.05) is 36.4 Å². The van der Waals surface area contributed by atoms with Crippen molar-refractivity contribution in [1.29, 1.82) is 0 Å². The molecule has 1 saturated heterocycles. The zero-order valence-electron chi connectivity index (χ0n) is 15.8. The number of amides is 2. The molecular formula is C22H24N2O4. The molecule has 2 atom stereocenters. The maximum atomic E-state index is 12.8. The van der Waals surface area contributed by atoms with Crippen LogP contribution in [0.5, 0.6) is 0 Å². The third-order valence-electron chi connectivity index (χ3n) is 4.78. The van der Waals surface area contributed by atoms with Gasteiger partial charge in [-0.2, -0.15) is 0 Å². The van der Waals surface area contributed by atoms with E-state index in [1.807, 2.05) is 36.4 Å². The maximum Gasteiger partial charge on any atom is 0.330 e. The third-order valence-corrected chi connectivity index (χ3v) is 4.78. The number of carbonyl (C=O) groups is 3. The quantitative estimate of drug-likeness (QED) is 0.571. The van der Waals surface area contributed by atoms with Crippen molar-refractivity contribution >= 4 is 28.6 Å². The van der Waals surface area contributed by atoms with Gasteiger partial charge in [-0.3, -0.25) is 9.59 Å². The Morgan fingerprint density at radius 2 is 2.04 bits per heavy atom. The number of esters is 1. The molecule has 6 nitrogen and oxygen atoms in total. The van der Waals surface area contributed by atoms with E-state index in [0.717, 1.165) is 10.8 Å². The van der Waals surface area contributed by atoms with E-state index >= 15 is 0 Å². The van der Waals surface area contributed by atoms with Gasteiger partial charge in [0.25, 0.3) is 5.91 Å². The Bertz CT molecular complexity index is 906. The fourth-order valence-electron chi connectivity index (χ4n) is 3.33. The van der Waals surface area contributed by atoms with Crippen LogP contribution in [0.1, 0.15) is 30.1 Å². The highest BCUT2D eigenvalue weighted by Gasteiger charge is 2.27. The molecule has 1 aliphatic heterocycles. The first kappa shape index (κ1) is 19.6. The van der Waals surface area contributed by atoms with Gasteiger partial charge in [-0.15, -0.1) is 0 Å². The molecule has 2 N–H and O–H groups in total. The van der Waals surface area contributed by atoms with Crippen molar-refractivity contribution in [2.24, 2.45) is 5.92 Å². The van der Waals surface area contributed by atoms with E-state index in [-0.39, 0.29) is 24.3 Å².